The van der Waals surface area contributed by atoms with E-state index >= 15 is 0 Å². The third-order valence-corrected chi connectivity index (χ3v) is 3.77. The number of esters is 1. The van der Waals surface area contributed by atoms with Crippen molar-refractivity contribution in [2.75, 3.05) is 20.2 Å². The van der Waals surface area contributed by atoms with Crippen molar-refractivity contribution >= 4 is 24.3 Å². The van der Waals surface area contributed by atoms with Gasteiger partial charge in [-0.25, -0.2) is 0 Å². The first-order valence-electron chi connectivity index (χ1n) is 7.70. The largest absolute Gasteiger partial charge is 0.469 e. The Hall–Kier alpha value is -1.59. The summed E-state index contributed by atoms with van der Waals surface area (Å²) in [4.78, 5) is 25.8. The number of ether oxygens (including phenoxy) is 1. The molecule has 0 saturated carbocycles. The van der Waals surface area contributed by atoms with Crippen molar-refractivity contribution in [2.45, 2.75) is 33.4 Å². The zero-order valence-electron chi connectivity index (χ0n) is 13.9. The smallest absolute Gasteiger partial charge is 0.307 e. The SMILES string of the molecule is COC(=O)CCN(CC(C)C)C(=O)c1ccc2c(c1)CNC2.Cl. The minimum Gasteiger partial charge on any atom is -0.469 e. The molecule has 6 heteroatoms. The molecule has 1 heterocycles. The first kappa shape index (κ1) is 19.5. The fourth-order valence-electron chi connectivity index (χ4n) is 2.66. The molecule has 0 aliphatic carbocycles. The van der Waals surface area contributed by atoms with E-state index in [1.165, 1.54) is 18.2 Å². The summed E-state index contributed by atoms with van der Waals surface area (Å²) in [6, 6.07) is 5.85. The first-order valence-corrected chi connectivity index (χ1v) is 7.70. The van der Waals surface area contributed by atoms with E-state index in [0.717, 1.165) is 13.1 Å². The van der Waals surface area contributed by atoms with Gasteiger partial charge in [0, 0.05) is 31.7 Å². The molecule has 1 aromatic rings. The van der Waals surface area contributed by atoms with Crippen LogP contribution in [-0.4, -0.2) is 37.0 Å². The molecule has 0 fully saturated rings. The van der Waals surface area contributed by atoms with Gasteiger partial charge in [0.2, 0.25) is 0 Å². The molecule has 0 atom stereocenters. The van der Waals surface area contributed by atoms with Crippen molar-refractivity contribution in [1.82, 2.24) is 10.2 Å². The highest BCUT2D eigenvalue weighted by Gasteiger charge is 2.20. The van der Waals surface area contributed by atoms with Gasteiger partial charge < -0.3 is 15.0 Å². The predicted molar refractivity (Wildman–Crippen MR) is 91.6 cm³/mol. The average Bonchev–Trinajstić information content (AvgIpc) is 2.97. The zero-order valence-corrected chi connectivity index (χ0v) is 14.7. The molecule has 0 unspecified atom stereocenters. The summed E-state index contributed by atoms with van der Waals surface area (Å²) >= 11 is 0. The second-order valence-corrected chi connectivity index (χ2v) is 6.06. The van der Waals surface area contributed by atoms with Gasteiger partial charge >= 0.3 is 5.97 Å². The number of fused-ring (bicyclic) bond motifs is 1. The number of methoxy groups -OCH3 is 1. The average molecular weight is 341 g/mol. The molecule has 5 nitrogen and oxygen atoms in total. The van der Waals surface area contributed by atoms with Gasteiger partial charge in [-0.1, -0.05) is 19.9 Å². The third-order valence-electron chi connectivity index (χ3n) is 3.77. The van der Waals surface area contributed by atoms with Gasteiger partial charge in [0.15, 0.2) is 0 Å². The van der Waals surface area contributed by atoms with Crippen LogP contribution in [0, 0.1) is 5.92 Å². The Morgan fingerprint density at radius 1 is 1.26 bits per heavy atom. The number of nitrogens with one attached hydrogen (secondary N) is 1. The number of hydrogen-bond acceptors (Lipinski definition) is 4. The van der Waals surface area contributed by atoms with Crippen LogP contribution in [0.1, 0.15) is 41.8 Å². The molecule has 128 valence electrons. The van der Waals surface area contributed by atoms with Gasteiger partial charge in [0.1, 0.15) is 0 Å². The predicted octanol–water partition coefficient (Wildman–Crippen LogP) is 2.37. The Morgan fingerprint density at radius 3 is 2.61 bits per heavy atom. The van der Waals surface area contributed by atoms with E-state index in [-0.39, 0.29) is 30.7 Å². The minimum atomic E-state index is -0.292. The van der Waals surface area contributed by atoms with Crippen molar-refractivity contribution in [3.8, 4) is 0 Å². The lowest BCUT2D eigenvalue weighted by Gasteiger charge is -2.24. The number of nitrogens with zero attached hydrogens (tertiary/aromatic N) is 1. The maximum absolute atomic E-state index is 12.7. The van der Waals surface area contributed by atoms with Crippen LogP contribution >= 0.6 is 12.4 Å². The Balaban J connectivity index is 0.00000264. The maximum Gasteiger partial charge on any atom is 0.307 e. The number of halogens is 1. The summed E-state index contributed by atoms with van der Waals surface area (Å²) in [7, 11) is 1.37. The van der Waals surface area contributed by atoms with Crippen molar-refractivity contribution < 1.29 is 14.3 Å². The minimum absolute atomic E-state index is 0. The molecular weight excluding hydrogens is 316 g/mol. The molecule has 0 radical (unpaired) electrons. The highest BCUT2D eigenvalue weighted by molar-refractivity contribution is 5.94. The van der Waals surface area contributed by atoms with Crippen LogP contribution in [0.25, 0.3) is 0 Å². The first-order chi connectivity index (χ1) is 10.5. The van der Waals surface area contributed by atoms with Gasteiger partial charge in [-0.2, -0.15) is 0 Å². The van der Waals surface area contributed by atoms with E-state index in [1.54, 1.807) is 4.90 Å². The van der Waals surface area contributed by atoms with Crippen LogP contribution in [0.5, 0.6) is 0 Å². The van der Waals surface area contributed by atoms with Crippen LogP contribution < -0.4 is 5.32 Å². The molecule has 0 saturated heterocycles. The molecule has 1 aliphatic heterocycles. The second-order valence-electron chi connectivity index (χ2n) is 6.06. The number of hydrogen-bond donors (Lipinski definition) is 1. The number of carbonyl (C=O) groups is 2. The van der Waals surface area contributed by atoms with Crippen LogP contribution in [0.4, 0.5) is 0 Å². The van der Waals surface area contributed by atoms with Crippen LogP contribution in [-0.2, 0) is 22.6 Å². The van der Waals surface area contributed by atoms with Crippen molar-refractivity contribution in [1.29, 1.82) is 0 Å². The van der Waals surface area contributed by atoms with Crippen molar-refractivity contribution in [3.63, 3.8) is 0 Å². The van der Waals surface area contributed by atoms with E-state index in [9.17, 15) is 9.59 Å². The topological polar surface area (TPSA) is 58.6 Å². The van der Waals surface area contributed by atoms with E-state index in [1.807, 2.05) is 18.2 Å². The van der Waals surface area contributed by atoms with Crippen LogP contribution in [0.2, 0.25) is 0 Å². The molecule has 1 aliphatic rings. The lowest BCUT2D eigenvalue weighted by Crippen LogP contribution is -2.36. The van der Waals surface area contributed by atoms with E-state index in [4.69, 9.17) is 0 Å². The summed E-state index contributed by atoms with van der Waals surface area (Å²) < 4.78 is 4.67. The lowest BCUT2D eigenvalue weighted by molar-refractivity contribution is -0.140. The number of amides is 1. The highest BCUT2D eigenvalue weighted by Crippen LogP contribution is 2.18. The van der Waals surface area contributed by atoms with Gasteiger partial charge in [0.05, 0.1) is 13.5 Å². The monoisotopic (exact) mass is 340 g/mol. The van der Waals surface area contributed by atoms with Crippen molar-refractivity contribution in [2.24, 2.45) is 5.92 Å². The van der Waals surface area contributed by atoms with Crippen molar-refractivity contribution in [3.05, 3.63) is 34.9 Å². The third kappa shape index (κ3) is 5.22. The normalized spacial score (nSPS) is 12.5. The maximum atomic E-state index is 12.7. The molecule has 0 spiro atoms. The van der Waals surface area contributed by atoms with E-state index < -0.39 is 0 Å². The standard InChI is InChI=1S/C17H24N2O3.ClH/c1-12(2)11-19(7-6-16(20)22-3)17(21)13-4-5-14-9-18-10-15(14)8-13;/h4-5,8,12,18H,6-7,9-11H2,1-3H3;1H. The second kappa shape index (κ2) is 8.89. The molecule has 0 bridgehead atoms. The molecule has 1 aromatic carbocycles. The lowest BCUT2D eigenvalue weighted by atomic mass is 10.0. The number of benzene rings is 1. The van der Waals surface area contributed by atoms with Gasteiger partial charge in [-0.3, -0.25) is 9.59 Å². The fourth-order valence-corrected chi connectivity index (χ4v) is 2.66. The highest BCUT2D eigenvalue weighted by atomic mass is 35.5. The summed E-state index contributed by atoms with van der Waals surface area (Å²) in [5.74, 6) is 0.0321. The molecule has 23 heavy (non-hydrogen) atoms. The molecule has 2 rings (SSSR count). The Labute approximate surface area is 143 Å². The Bertz CT molecular complexity index is 561. The van der Waals surface area contributed by atoms with Crippen LogP contribution in [0.3, 0.4) is 0 Å². The molecule has 1 N–H and O–H groups in total. The summed E-state index contributed by atoms with van der Waals surface area (Å²) in [5, 5.41) is 3.28. The van der Waals surface area contributed by atoms with E-state index in [0.29, 0.717) is 24.6 Å². The summed E-state index contributed by atoms with van der Waals surface area (Å²) in [6.07, 6.45) is 0.224. The fraction of sp³-hybridized carbons (Fsp3) is 0.529. The number of carbonyl (C=O) groups excluding carboxylic acids is 2. The van der Waals surface area contributed by atoms with Gasteiger partial charge in [-0.15, -0.1) is 12.4 Å². The summed E-state index contributed by atoms with van der Waals surface area (Å²) in [5.41, 5.74) is 3.12. The Kier molecular flexibility index (Phi) is 7.52. The number of rotatable bonds is 6. The van der Waals surface area contributed by atoms with E-state index in [2.05, 4.69) is 23.9 Å². The molecule has 0 aromatic heterocycles. The zero-order chi connectivity index (χ0) is 16.1. The molecular formula is C17H25ClN2O3. The quantitative estimate of drug-likeness (QED) is 0.808. The van der Waals surface area contributed by atoms with Crippen LogP contribution in [0.15, 0.2) is 18.2 Å². The van der Waals surface area contributed by atoms with Gasteiger partial charge in [0.25, 0.3) is 5.91 Å². The van der Waals surface area contributed by atoms with Gasteiger partial charge in [-0.05, 0) is 29.2 Å². The summed E-state index contributed by atoms with van der Waals surface area (Å²) in [6.45, 7) is 6.81. The Morgan fingerprint density at radius 2 is 1.96 bits per heavy atom. The molecule has 1 amide bonds.